The zero-order valence-electron chi connectivity index (χ0n) is 11.2. The molecule has 1 fully saturated rings. The Balaban J connectivity index is 2.34. The number of nitrogens with two attached hydrogens (primary N) is 1. The first-order chi connectivity index (χ1) is 9.21. The lowest BCUT2D eigenvalue weighted by Crippen LogP contribution is -2.56. The Hall–Kier alpha value is -1.87. The van der Waals surface area contributed by atoms with Crippen molar-refractivity contribution in [2.24, 2.45) is 12.2 Å². The smallest absolute Gasteiger partial charge is 0.271 e. The highest BCUT2D eigenvalue weighted by molar-refractivity contribution is 7.89. The predicted molar refractivity (Wildman–Crippen MR) is 70.3 cm³/mol. The van der Waals surface area contributed by atoms with E-state index in [4.69, 9.17) is 5.14 Å². The van der Waals surface area contributed by atoms with Crippen LogP contribution in [0.5, 0.6) is 0 Å². The third kappa shape index (κ3) is 2.54. The minimum absolute atomic E-state index is 0.127. The molecule has 1 unspecified atom stereocenters. The molecule has 2 amide bonds. The summed E-state index contributed by atoms with van der Waals surface area (Å²) in [6.45, 7) is 2.37. The molecule has 0 aliphatic carbocycles. The molecule has 0 radical (unpaired) electrons. The summed E-state index contributed by atoms with van der Waals surface area (Å²) >= 11 is 0. The number of carbonyl (C=O) groups is 2. The lowest BCUT2D eigenvalue weighted by atomic mass is 10.2. The van der Waals surface area contributed by atoms with Crippen LogP contribution in [-0.2, 0) is 21.9 Å². The average Bonchev–Trinajstić information content (AvgIpc) is 2.74. The van der Waals surface area contributed by atoms with Crippen molar-refractivity contribution in [1.82, 2.24) is 14.8 Å². The molecular weight excluding hydrogens is 284 g/mol. The van der Waals surface area contributed by atoms with Gasteiger partial charge < -0.3 is 14.8 Å². The van der Waals surface area contributed by atoms with Crippen LogP contribution in [0.4, 0.5) is 0 Å². The van der Waals surface area contributed by atoms with Crippen molar-refractivity contribution >= 4 is 21.8 Å². The largest absolute Gasteiger partial charge is 0.353 e. The van der Waals surface area contributed by atoms with E-state index >= 15 is 0 Å². The van der Waals surface area contributed by atoms with Crippen LogP contribution in [-0.4, -0.2) is 48.8 Å². The summed E-state index contributed by atoms with van der Waals surface area (Å²) in [5, 5.41) is 7.69. The molecule has 1 aliphatic heterocycles. The zero-order chi connectivity index (χ0) is 15.1. The van der Waals surface area contributed by atoms with Crippen molar-refractivity contribution in [3.05, 3.63) is 18.0 Å². The number of hydrogen-bond acceptors (Lipinski definition) is 4. The Kier molecular flexibility index (Phi) is 3.57. The highest BCUT2D eigenvalue weighted by Crippen LogP contribution is 2.16. The summed E-state index contributed by atoms with van der Waals surface area (Å²) in [6.07, 6.45) is 1.28. The molecule has 1 atom stereocenters. The molecule has 9 heteroatoms. The number of sulfonamides is 1. The Morgan fingerprint density at radius 1 is 1.50 bits per heavy atom. The van der Waals surface area contributed by atoms with Gasteiger partial charge >= 0.3 is 0 Å². The van der Waals surface area contributed by atoms with Gasteiger partial charge in [0.05, 0.1) is 0 Å². The van der Waals surface area contributed by atoms with Gasteiger partial charge in [-0.15, -0.1) is 0 Å². The van der Waals surface area contributed by atoms with Gasteiger partial charge in [0.2, 0.25) is 15.9 Å². The van der Waals surface area contributed by atoms with E-state index in [1.807, 2.05) is 0 Å². The van der Waals surface area contributed by atoms with E-state index < -0.39 is 22.0 Å². The molecular formula is C11H16N4O4S. The highest BCUT2D eigenvalue weighted by Gasteiger charge is 2.31. The minimum atomic E-state index is -3.86. The number of rotatable bonds is 2. The molecule has 0 saturated carbocycles. The molecule has 1 saturated heterocycles. The second-order valence-corrected chi connectivity index (χ2v) is 6.24. The molecule has 3 N–H and O–H groups in total. The van der Waals surface area contributed by atoms with Crippen LogP contribution in [0, 0.1) is 0 Å². The number of aromatic nitrogens is 1. The van der Waals surface area contributed by atoms with Crippen molar-refractivity contribution in [2.75, 3.05) is 13.1 Å². The van der Waals surface area contributed by atoms with Gasteiger partial charge in [-0.3, -0.25) is 9.59 Å². The second kappa shape index (κ2) is 4.91. The minimum Gasteiger partial charge on any atom is -0.353 e. The van der Waals surface area contributed by atoms with Gasteiger partial charge in [-0.1, -0.05) is 0 Å². The van der Waals surface area contributed by atoms with E-state index in [1.165, 1.54) is 21.7 Å². The summed E-state index contributed by atoms with van der Waals surface area (Å²) in [5.74, 6) is -0.629. The van der Waals surface area contributed by atoms with Crippen molar-refractivity contribution in [2.45, 2.75) is 17.9 Å². The zero-order valence-corrected chi connectivity index (χ0v) is 12.0. The lowest BCUT2D eigenvalue weighted by molar-refractivity contribution is -0.127. The topological polar surface area (TPSA) is 114 Å². The molecule has 0 spiro atoms. The third-order valence-corrected chi connectivity index (χ3v) is 4.17. The van der Waals surface area contributed by atoms with Crippen LogP contribution in [0.15, 0.2) is 17.2 Å². The maximum Gasteiger partial charge on any atom is 0.271 e. The highest BCUT2D eigenvalue weighted by atomic mass is 32.2. The fourth-order valence-corrected chi connectivity index (χ4v) is 2.69. The van der Waals surface area contributed by atoms with E-state index in [9.17, 15) is 18.0 Å². The van der Waals surface area contributed by atoms with E-state index in [1.54, 1.807) is 14.0 Å². The van der Waals surface area contributed by atoms with Crippen molar-refractivity contribution in [1.29, 1.82) is 0 Å². The van der Waals surface area contributed by atoms with Gasteiger partial charge in [0, 0.05) is 26.3 Å². The van der Waals surface area contributed by atoms with E-state index in [0.717, 1.165) is 0 Å². The van der Waals surface area contributed by atoms with E-state index in [-0.39, 0.29) is 16.5 Å². The van der Waals surface area contributed by atoms with Gasteiger partial charge in [0.15, 0.2) is 0 Å². The third-order valence-electron chi connectivity index (χ3n) is 3.29. The summed E-state index contributed by atoms with van der Waals surface area (Å²) < 4.78 is 24.0. The predicted octanol–water partition coefficient (Wildman–Crippen LogP) is -1.37. The average molecular weight is 300 g/mol. The Morgan fingerprint density at radius 2 is 2.15 bits per heavy atom. The maximum absolute atomic E-state index is 12.4. The number of carbonyl (C=O) groups excluding carboxylic acids is 2. The first kappa shape index (κ1) is 14.5. The van der Waals surface area contributed by atoms with Crippen LogP contribution >= 0.6 is 0 Å². The van der Waals surface area contributed by atoms with Crippen LogP contribution in [0.1, 0.15) is 17.4 Å². The molecule has 8 nitrogen and oxygen atoms in total. The normalized spacial score (nSPS) is 19.9. The summed E-state index contributed by atoms with van der Waals surface area (Å²) in [7, 11) is -2.31. The monoisotopic (exact) mass is 300 g/mol. The van der Waals surface area contributed by atoms with Gasteiger partial charge in [-0.25, -0.2) is 13.6 Å². The maximum atomic E-state index is 12.4. The quantitative estimate of drug-likeness (QED) is 0.701. The van der Waals surface area contributed by atoms with E-state index in [0.29, 0.717) is 13.1 Å². The number of nitrogens with zero attached hydrogens (tertiary/aromatic N) is 2. The Morgan fingerprint density at radius 3 is 2.70 bits per heavy atom. The summed E-state index contributed by atoms with van der Waals surface area (Å²) in [6, 6.07) is 0.626. The van der Waals surface area contributed by atoms with Gasteiger partial charge in [0.25, 0.3) is 5.91 Å². The number of amides is 2. The van der Waals surface area contributed by atoms with E-state index in [2.05, 4.69) is 5.32 Å². The molecule has 0 bridgehead atoms. The molecule has 1 aromatic rings. The fourth-order valence-electron chi connectivity index (χ4n) is 2.11. The standard InChI is InChI=1S/C11H16N4O4S/c1-7-10(16)13-3-4-15(7)11(17)9-5-8(6-14(9)2)20(12,18)19/h5-7H,3-4H2,1-2H3,(H,13,16)(H2,12,18,19). The van der Waals surface area contributed by atoms with Crippen LogP contribution < -0.4 is 10.5 Å². The Labute approximate surface area is 116 Å². The number of primary sulfonamides is 1. The van der Waals surface area contributed by atoms with Gasteiger partial charge in [0.1, 0.15) is 16.6 Å². The van der Waals surface area contributed by atoms with Crippen molar-refractivity contribution in [3.8, 4) is 0 Å². The number of piperazine rings is 1. The van der Waals surface area contributed by atoms with Crippen LogP contribution in [0.25, 0.3) is 0 Å². The van der Waals surface area contributed by atoms with Crippen molar-refractivity contribution in [3.63, 3.8) is 0 Å². The number of hydrogen-bond donors (Lipinski definition) is 2. The first-order valence-corrected chi connectivity index (χ1v) is 7.54. The van der Waals surface area contributed by atoms with Gasteiger partial charge in [-0.05, 0) is 13.0 Å². The molecule has 1 aromatic heterocycles. The SMILES string of the molecule is CC1C(=O)NCCN1C(=O)c1cc(S(N)(=O)=O)cn1C. The lowest BCUT2D eigenvalue weighted by Gasteiger charge is -2.32. The molecule has 110 valence electrons. The van der Waals surface area contributed by atoms with Crippen LogP contribution in [0.2, 0.25) is 0 Å². The fraction of sp³-hybridized carbons (Fsp3) is 0.455. The summed E-state index contributed by atoms with van der Waals surface area (Å²) in [5.41, 5.74) is 0.176. The molecule has 20 heavy (non-hydrogen) atoms. The summed E-state index contributed by atoms with van der Waals surface area (Å²) in [4.78, 5) is 25.2. The first-order valence-electron chi connectivity index (χ1n) is 5.99. The second-order valence-electron chi connectivity index (χ2n) is 4.68. The molecule has 2 heterocycles. The van der Waals surface area contributed by atoms with Crippen molar-refractivity contribution < 1.29 is 18.0 Å². The molecule has 1 aliphatic rings. The molecule has 0 aromatic carbocycles. The number of aryl methyl sites for hydroxylation is 1. The number of nitrogens with one attached hydrogen (secondary N) is 1. The van der Waals surface area contributed by atoms with Gasteiger partial charge in [-0.2, -0.15) is 0 Å². The Bertz CT molecular complexity index is 664. The molecule has 2 rings (SSSR count). The van der Waals surface area contributed by atoms with Crippen LogP contribution in [0.3, 0.4) is 0 Å².